The number of aliphatic hydroxyl groups excluding tert-OH is 3. The molecular weight excluding hydrogens is 548 g/mol. The number of nitrogens with zero attached hydrogens (tertiary/aromatic N) is 2. The van der Waals surface area contributed by atoms with Gasteiger partial charge in [0.05, 0.1) is 6.61 Å². The van der Waals surface area contributed by atoms with Crippen LogP contribution in [-0.4, -0.2) is 68.7 Å². The van der Waals surface area contributed by atoms with Gasteiger partial charge in [-0.15, -0.1) is 0 Å². The number of aliphatic hydroxyl groups is 3. The van der Waals surface area contributed by atoms with Crippen LogP contribution in [0.15, 0.2) is 96.3 Å². The van der Waals surface area contributed by atoms with Gasteiger partial charge in [0.15, 0.2) is 11.6 Å². The van der Waals surface area contributed by atoms with Crippen molar-refractivity contribution in [2.45, 2.75) is 39.9 Å². The summed E-state index contributed by atoms with van der Waals surface area (Å²) in [5.41, 5.74) is 1.77. The topological polar surface area (TPSA) is 192 Å². The van der Waals surface area contributed by atoms with Crippen LogP contribution in [0.25, 0.3) is 0 Å². The monoisotopic (exact) mass is 586 g/mol. The first-order valence-electron chi connectivity index (χ1n) is 12.3. The van der Waals surface area contributed by atoms with Gasteiger partial charge in [0, 0.05) is 26.0 Å². The molecule has 4 N–H and O–H groups in total. The van der Waals surface area contributed by atoms with Gasteiger partial charge in [0.25, 0.3) is 0 Å². The fourth-order valence-corrected chi connectivity index (χ4v) is 2.06. The molecule has 0 amide bonds. The lowest BCUT2D eigenvalue weighted by Gasteiger charge is -2.10. The standard InChI is InChI=1S/C11H12O3.C8H10O2.C7H9NO3.C4H7NO2/c1-2-11(13)14-8-10(12)9-6-4-3-5-7-9;9-6-8(10)7-4-2-1-3-5-7;1-4-7(10)11-8-5(2)6(3)9;1-3(5-7)4(2)6/h2-7,10,12H,1,8H2;1-5,8-10H,6H2;4H,1H2,2-3H3;7H,1-2H3/b;;8-5-;5-3-. The van der Waals surface area contributed by atoms with E-state index in [1.807, 2.05) is 36.4 Å². The number of esters is 1. The summed E-state index contributed by atoms with van der Waals surface area (Å²) in [4.78, 5) is 45.9. The van der Waals surface area contributed by atoms with Crippen molar-refractivity contribution in [1.82, 2.24) is 0 Å². The Morgan fingerprint density at radius 2 is 1.19 bits per heavy atom. The molecule has 0 heterocycles. The molecular formula is C30H38N2O10. The molecule has 0 radical (unpaired) electrons. The van der Waals surface area contributed by atoms with Crippen molar-refractivity contribution < 1.29 is 49.3 Å². The average Bonchev–Trinajstić information content (AvgIpc) is 3.02. The van der Waals surface area contributed by atoms with Crippen molar-refractivity contribution in [3.8, 4) is 0 Å². The van der Waals surface area contributed by atoms with Crippen LogP contribution in [-0.2, 0) is 28.8 Å². The Balaban J connectivity index is 0. The maximum Gasteiger partial charge on any atom is 0.358 e. The minimum Gasteiger partial charge on any atom is -0.459 e. The van der Waals surface area contributed by atoms with Crippen LogP contribution < -0.4 is 0 Å². The third kappa shape index (κ3) is 20.2. The summed E-state index contributed by atoms with van der Waals surface area (Å²) >= 11 is 0. The molecule has 42 heavy (non-hydrogen) atoms. The van der Waals surface area contributed by atoms with Gasteiger partial charge in [-0.3, -0.25) is 9.59 Å². The van der Waals surface area contributed by atoms with E-state index >= 15 is 0 Å². The quantitative estimate of drug-likeness (QED) is 0.0802. The molecule has 0 bridgehead atoms. The summed E-state index contributed by atoms with van der Waals surface area (Å²) in [5.74, 6) is -1.64. The number of benzene rings is 2. The summed E-state index contributed by atoms with van der Waals surface area (Å²) in [6.45, 7) is 11.7. The van der Waals surface area contributed by atoms with Gasteiger partial charge in [-0.05, 0) is 25.0 Å². The van der Waals surface area contributed by atoms with Crippen LogP contribution in [0.4, 0.5) is 0 Å². The second kappa shape index (κ2) is 24.1. The van der Waals surface area contributed by atoms with E-state index in [-0.39, 0.29) is 36.2 Å². The first kappa shape index (κ1) is 39.4. The maximum absolute atomic E-state index is 10.7. The Morgan fingerprint density at radius 1 is 0.762 bits per heavy atom. The van der Waals surface area contributed by atoms with Crippen molar-refractivity contribution in [3.05, 3.63) is 97.1 Å². The van der Waals surface area contributed by atoms with E-state index in [1.54, 1.807) is 24.3 Å². The van der Waals surface area contributed by atoms with E-state index in [0.29, 0.717) is 0 Å². The molecule has 2 aromatic rings. The van der Waals surface area contributed by atoms with E-state index in [4.69, 9.17) is 20.2 Å². The van der Waals surface area contributed by atoms with E-state index in [0.717, 1.165) is 23.3 Å². The zero-order valence-corrected chi connectivity index (χ0v) is 24.0. The molecule has 0 aliphatic rings. The molecule has 2 rings (SSSR count). The fourth-order valence-electron chi connectivity index (χ4n) is 2.06. The van der Waals surface area contributed by atoms with Crippen LogP contribution >= 0.6 is 0 Å². The summed E-state index contributed by atoms with van der Waals surface area (Å²) in [6.07, 6.45) is 0.524. The fraction of sp³-hybridized carbons (Fsp3) is 0.267. The molecule has 12 heteroatoms. The number of ether oxygens (including phenoxy) is 1. The highest BCUT2D eigenvalue weighted by molar-refractivity contribution is 6.38. The number of hydrogen-bond donors (Lipinski definition) is 4. The zero-order valence-electron chi connectivity index (χ0n) is 24.0. The molecule has 12 nitrogen and oxygen atoms in total. The highest BCUT2D eigenvalue weighted by atomic mass is 16.7. The third-order valence-corrected chi connectivity index (χ3v) is 4.70. The largest absolute Gasteiger partial charge is 0.459 e. The highest BCUT2D eigenvalue weighted by Gasteiger charge is 2.08. The Morgan fingerprint density at radius 3 is 1.52 bits per heavy atom. The first-order valence-corrected chi connectivity index (χ1v) is 12.3. The lowest BCUT2D eigenvalue weighted by Crippen LogP contribution is -2.10. The number of carbonyl (C=O) groups excluding carboxylic acids is 4. The van der Waals surface area contributed by atoms with Gasteiger partial charge >= 0.3 is 11.9 Å². The summed E-state index contributed by atoms with van der Waals surface area (Å²) in [5, 5.41) is 40.9. The lowest BCUT2D eigenvalue weighted by atomic mass is 10.1. The number of rotatable bonds is 10. The van der Waals surface area contributed by atoms with Crippen LogP contribution in [0.3, 0.4) is 0 Å². The Labute approximate surface area is 244 Å². The molecule has 0 fully saturated rings. The summed E-state index contributed by atoms with van der Waals surface area (Å²) < 4.78 is 4.70. The maximum atomic E-state index is 10.7. The minimum atomic E-state index is -0.778. The molecule has 0 aliphatic heterocycles. The smallest absolute Gasteiger partial charge is 0.358 e. The second-order valence-corrected chi connectivity index (χ2v) is 7.96. The summed E-state index contributed by atoms with van der Waals surface area (Å²) in [7, 11) is 0. The third-order valence-electron chi connectivity index (χ3n) is 4.70. The average molecular weight is 587 g/mol. The van der Waals surface area contributed by atoms with Gasteiger partial charge in [-0.2, -0.15) is 0 Å². The first-order chi connectivity index (χ1) is 19.8. The minimum absolute atomic E-state index is 0.0468. The zero-order chi connectivity index (χ0) is 32.5. The molecule has 228 valence electrons. The number of Topliss-reactive ketones (excluding diaryl/α,β-unsaturated/α-hetero) is 2. The van der Waals surface area contributed by atoms with E-state index in [9.17, 15) is 24.3 Å². The van der Waals surface area contributed by atoms with Gasteiger partial charge in [-0.25, -0.2) is 9.59 Å². The van der Waals surface area contributed by atoms with Gasteiger partial charge < -0.3 is 30.1 Å². The number of hydrogen-bond acceptors (Lipinski definition) is 12. The Hall–Kier alpha value is -4.78. The predicted molar refractivity (Wildman–Crippen MR) is 157 cm³/mol. The Kier molecular flexibility index (Phi) is 22.5. The highest BCUT2D eigenvalue weighted by Crippen LogP contribution is 2.12. The molecule has 2 atom stereocenters. The van der Waals surface area contributed by atoms with E-state index in [2.05, 4.69) is 28.3 Å². The van der Waals surface area contributed by atoms with Crippen molar-refractivity contribution in [2.24, 2.45) is 10.3 Å². The molecule has 0 aliphatic carbocycles. The molecule has 0 spiro atoms. The second-order valence-electron chi connectivity index (χ2n) is 7.96. The summed E-state index contributed by atoms with van der Waals surface area (Å²) in [6, 6.07) is 18.1. The number of carbonyl (C=O) groups is 4. The normalized spacial score (nSPS) is 11.7. The van der Waals surface area contributed by atoms with Crippen molar-refractivity contribution in [1.29, 1.82) is 0 Å². The van der Waals surface area contributed by atoms with E-state index in [1.165, 1.54) is 27.7 Å². The molecule has 0 saturated carbocycles. The van der Waals surface area contributed by atoms with E-state index < -0.39 is 24.1 Å². The predicted octanol–water partition coefficient (Wildman–Crippen LogP) is 3.27. The van der Waals surface area contributed by atoms with Gasteiger partial charge in [-0.1, -0.05) is 84.1 Å². The van der Waals surface area contributed by atoms with Crippen molar-refractivity contribution in [2.75, 3.05) is 13.2 Å². The van der Waals surface area contributed by atoms with Crippen LogP contribution in [0.2, 0.25) is 0 Å². The van der Waals surface area contributed by atoms with Crippen molar-refractivity contribution >= 4 is 34.9 Å². The SMILES string of the molecule is C=CC(=O)O/N=C(/C)C(C)=O.C=CC(=O)OCC(O)c1ccccc1.CC(=O)/C(C)=N\O.OCC(O)c1ccccc1. The van der Waals surface area contributed by atoms with Gasteiger partial charge in [0.2, 0.25) is 0 Å². The lowest BCUT2D eigenvalue weighted by molar-refractivity contribution is -0.141. The van der Waals surface area contributed by atoms with Crippen LogP contribution in [0.5, 0.6) is 0 Å². The van der Waals surface area contributed by atoms with Crippen molar-refractivity contribution in [3.63, 3.8) is 0 Å². The Bertz CT molecular complexity index is 1180. The molecule has 0 aromatic heterocycles. The molecule has 2 aromatic carbocycles. The molecule has 0 saturated heterocycles. The molecule has 2 unspecified atom stereocenters. The van der Waals surface area contributed by atoms with Gasteiger partial charge in [0.1, 0.15) is 30.2 Å². The number of ketones is 2. The number of oxime groups is 2. The van der Waals surface area contributed by atoms with Crippen LogP contribution in [0, 0.1) is 0 Å². The van der Waals surface area contributed by atoms with Crippen LogP contribution in [0.1, 0.15) is 51.0 Å².